The molecule has 1 aliphatic carbocycles. The van der Waals surface area contributed by atoms with Crippen LogP contribution < -0.4 is 16.4 Å². The number of nitrogens with two attached hydrogens (primary N) is 1. The van der Waals surface area contributed by atoms with Gasteiger partial charge in [0, 0.05) is 38.1 Å². The van der Waals surface area contributed by atoms with Crippen LogP contribution in [0.15, 0.2) is 21.5 Å². The van der Waals surface area contributed by atoms with Crippen molar-refractivity contribution in [2.24, 2.45) is 16.1 Å². The standard InChI is InChI=1S/C21H35N5O3/c1-2-23-20(24-14-17-6-7-18(29-17)19(22)27)25-15-21(8-4-3-5-9-21)16-26-10-12-28-13-11-26/h6-7H,2-5,8-16H2,1H3,(H2,22,27)(H2,23,24,25). The molecule has 0 bridgehead atoms. The minimum Gasteiger partial charge on any atom is -0.454 e. The molecular formula is C21H35N5O3. The molecule has 1 aliphatic heterocycles. The number of morpholine rings is 1. The molecule has 4 N–H and O–H groups in total. The van der Waals surface area contributed by atoms with Crippen molar-refractivity contribution in [3.8, 4) is 0 Å². The molecule has 1 saturated heterocycles. The van der Waals surface area contributed by atoms with E-state index in [4.69, 9.17) is 14.9 Å². The van der Waals surface area contributed by atoms with Crippen LogP contribution in [0.1, 0.15) is 55.3 Å². The molecule has 162 valence electrons. The minimum absolute atomic E-state index is 0.167. The molecule has 2 heterocycles. The topological polar surface area (TPSA) is 105 Å². The van der Waals surface area contributed by atoms with E-state index in [-0.39, 0.29) is 11.2 Å². The van der Waals surface area contributed by atoms with Gasteiger partial charge in [-0.25, -0.2) is 4.99 Å². The summed E-state index contributed by atoms with van der Waals surface area (Å²) >= 11 is 0. The summed E-state index contributed by atoms with van der Waals surface area (Å²) in [7, 11) is 0. The van der Waals surface area contributed by atoms with E-state index in [1.54, 1.807) is 12.1 Å². The van der Waals surface area contributed by atoms with Crippen molar-refractivity contribution >= 4 is 11.9 Å². The van der Waals surface area contributed by atoms with Gasteiger partial charge in [0.1, 0.15) is 12.3 Å². The Bertz CT molecular complexity index is 676. The predicted molar refractivity (Wildman–Crippen MR) is 113 cm³/mol. The van der Waals surface area contributed by atoms with Crippen molar-refractivity contribution in [2.45, 2.75) is 45.6 Å². The zero-order chi connectivity index (χ0) is 20.5. The van der Waals surface area contributed by atoms with E-state index in [9.17, 15) is 4.79 Å². The van der Waals surface area contributed by atoms with Gasteiger partial charge in [-0.1, -0.05) is 19.3 Å². The van der Waals surface area contributed by atoms with Gasteiger partial charge in [0.2, 0.25) is 0 Å². The maximum Gasteiger partial charge on any atom is 0.284 e. The molecule has 1 saturated carbocycles. The van der Waals surface area contributed by atoms with E-state index in [1.807, 2.05) is 0 Å². The second-order valence-electron chi connectivity index (χ2n) is 8.13. The lowest BCUT2D eigenvalue weighted by atomic mass is 9.73. The Morgan fingerprint density at radius 2 is 1.97 bits per heavy atom. The number of carbonyl (C=O) groups excluding carboxylic acids is 1. The van der Waals surface area contributed by atoms with E-state index in [2.05, 4.69) is 27.4 Å². The maximum atomic E-state index is 11.2. The number of furan rings is 1. The van der Waals surface area contributed by atoms with Gasteiger partial charge in [-0.2, -0.15) is 0 Å². The SMILES string of the molecule is CCNC(=NCc1ccc(C(N)=O)o1)NCC1(CN2CCOCC2)CCCCC1. The van der Waals surface area contributed by atoms with Crippen LogP contribution >= 0.6 is 0 Å². The number of rotatable bonds is 8. The number of amides is 1. The molecule has 3 rings (SSSR count). The lowest BCUT2D eigenvalue weighted by molar-refractivity contribution is 0.00820. The van der Waals surface area contributed by atoms with Crippen LogP contribution in [0.25, 0.3) is 0 Å². The van der Waals surface area contributed by atoms with E-state index >= 15 is 0 Å². The van der Waals surface area contributed by atoms with E-state index in [0.717, 1.165) is 51.9 Å². The number of hydrogen-bond donors (Lipinski definition) is 3. The molecule has 1 amide bonds. The highest BCUT2D eigenvalue weighted by molar-refractivity contribution is 5.89. The quantitative estimate of drug-likeness (QED) is 0.449. The van der Waals surface area contributed by atoms with Gasteiger partial charge >= 0.3 is 0 Å². The lowest BCUT2D eigenvalue weighted by Crippen LogP contribution is -2.51. The third-order valence-electron chi connectivity index (χ3n) is 5.85. The zero-order valence-corrected chi connectivity index (χ0v) is 17.5. The first kappa shape index (κ1) is 21.6. The summed E-state index contributed by atoms with van der Waals surface area (Å²) in [4.78, 5) is 18.4. The van der Waals surface area contributed by atoms with Crippen molar-refractivity contribution in [2.75, 3.05) is 45.9 Å². The molecule has 0 radical (unpaired) electrons. The highest BCUT2D eigenvalue weighted by Gasteiger charge is 2.34. The Morgan fingerprint density at radius 1 is 1.21 bits per heavy atom. The molecule has 0 aromatic carbocycles. The number of primary amides is 1. The van der Waals surface area contributed by atoms with Gasteiger partial charge in [0.15, 0.2) is 11.7 Å². The summed E-state index contributed by atoms with van der Waals surface area (Å²) in [5.41, 5.74) is 5.52. The minimum atomic E-state index is -0.562. The van der Waals surface area contributed by atoms with E-state index in [0.29, 0.717) is 12.3 Å². The fraction of sp³-hybridized carbons (Fsp3) is 0.714. The average Bonchev–Trinajstić information content (AvgIpc) is 3.21. The average molecular weight is 406 g/mol. The summed E-state index contributed by atoms with van der Waals surface area (Å²) < 4.78 is 11.0. The van der Waals surface area contributed by atoms with Crippen LogP contribution in [0, 0.1) is 5.41 Å². The molecule has 0 spiro atoms. The Balaban J connectivity index is 1.61. The molecule has 2 aliphatic rings. The number of nitrogens with one attached hydrogen (secondary N) is 2. The van der Waals surface area contributed by atoms with Crippen molar-refractivity contribution in [3.63, 3.8) is 0 Å². The zero-order valence-electron chi connectivity index (χ0n) is 17.5. The summed E-state index contributed by atoms with van der Waals surface area (Å²) in [5, 5.41) is 6.88. The van der Waals surface area contributed by atoms with Crippen LogP contribution in [0.3, 0.4) is 0 Å². The van der Waals surface area contributed by atoms with Crippen LogP contribution in [0.2, 0.25) is 0 Å². The predicted octanol–water partition coefficient (Wildman–Crippen LogP) is 1.72. The van der Waals surface area contributed by atoms with Crippen LogP contribution in [0.4, 0.5) is 0 Å². The largest absolute Gasteiger partial charge is 0.454 e. The Morgan fingerprint density at radius 3 is 2.62 bits per heavy atom. The van der Waals surface area contributed by atoms with Gasteiger partial charge in [0.25, 0.3) is 5.91 Å². The lowest BCUT2D eigenvalue weighted by Gasteiger charge is -2.42. The van der Waals surface area contributed by atoms with Crippen molar-refractivity contribution in [1.29, 1.82) is 0 Å². The normalized spacial score (nSPS) is 20.4. The van der Waals surface area contributed by atoms with Crippen molar-refractivity contribution in [1.82, 2.24) is 15.5 Å². The van der Waals surface area contributed by atoms with Gasteiger partial charge in [-0.05, 0) is 31.9 Å². The molecule has 1 aromatic heterocycles. The fourth-order valence-corrected chi connectivity index (χ4v) is 4.29. The Kier molecular flexibility index (Phi) is 7.94. The highest BCUT2D eigenvalue weighted by atomic mass is 16.5. The molecule has 2 fully saturated rings. The number of nitrogens with zero attached hydrogens (tertiary/aromatic N) is 2. The molecular weight excluding hydrogens is 370 g/mol. The monoisotopic (exact) mass is 405 g/mol. The molecule has 29 heavy (non-hydrogen) atoms. The summed E-state index contributed by atoms with van der Waals surface area (Å²) in [6, 6.07) is 3.33. The van der Waals surface area contributed by atoms with Gasteiger partial charge in [-0.3, -0.25) is 9.69 Å². The van der Waals surface area contributed by atoms with Gasteiger partial charge in [-0.15, -0.1) is 0 Å². The Labute approximate surface area is 173 Å². The molecule has 0 unspecified atom stereocenters. The van der Waals surface area contributed by atoms with Crippen molar-refractivity contribution < 1.29 is 13.9 Å². The molecule has 0 atom stereocenters. The first-order valence-corrected chi connectivity index (χ1v) is 10.8. The number of ether oxygens (including phenoxy) is 1. The number of carbonyl (C=O) groups is 1. The first-order chi connectivity index (χ1) is 14.1. The number of guanidine groups is 1. The summed E-state index contributed by atoms with van der Waals surface area (Å²) in [6.45, 7) is 8.94. The highest BCUT2D eigenvalue weighted by Crippen LogP contribution is 2.36. The van der Waals surface area contributed by atoms with E-state index < -0.39 is 5.91 Å². The third-order valence-corrected chi connectivity index (χ3v) is 5.85. The third kappa shape index (κ3) is 6.47. The second kappa shape index (κ2) is 10.6. The molecule has 8 heteroatoms. The van der Waals surface area contributed by atoms with Crippen LogP contribution in [0.5, 0.6) is 0 Å². The van der Waals surface area contributed by atoms with Crippen molar-refractivity contribution in [3.05, 3.63) is 23.7 Å². The fourth-order valence-electron chi connectivity index (χ4n) is 4.29. The maximum absolute atomic E-state index is 11.2. The van der Waals surface area contributed by atoms with Gasteiger partial charge in [0.05, 0.1) is 13.2 Å². The van der Waals surface area contributed by atoms with Crippen LogP contribution in [-0.2, 0) is 11.3 Å². The number of hydrogen-bond acceptors (Lipinski definition) is 5. The summed E-state index contributed by atoms with van der Waals surface area (Å²) in [5.74, 6) is 1.00. The smallest absolute Gasteiger partial charge is 0.284 e. The van der Waals surface area contributed by atoms with Crippen LogP contribution in [-0.4, -0.2) is 62.7 Å². The summed E-state index contributed by atoms with van der Waals surface area (Å²) in [6.07, 6.45) is 6.41. The van der Waals surface area contributed by atoms with E-state index in [1.165, 1.54) is 32.1 Å². The molecule has 8 nitrogen and oxygen atoms in total. The first-order valence-electron chi connectivity index (χ1n) is 10.8. The second-order valence-corrected chi connectivity index (χ2v) is 8.13. The Hall–Kier alpha value is -2.06. The number of aliphatic imine (C=N–C) groups is 1. The van der Waals surface area contributed by atoms with Gasteiger partial charge < -0.3 is 25.5 Å². The molecule has 1 aromatic rings.